The van der Waals surface area contributed by atoms with Gasteiger partial charge in [0.05, 0.1) is 36.8 Å². The normalized spacial score (nSPS) is 8.85. The molecule has 1 radical (unpaired) electrons. The average molecular weight is 842 g/mol. The van der Waals surface area contributed by atoms with E-state index in [1.54, 1.807) is 48.8 Å². The Hall–Kier alpha value is -4.63. The number of hydrogen-bond acceptors (Lipinski definition) is 17. The molecule has 0 spiro atoms. The van der Waals surface area contributed by atoms with E-state index in [-0.39, 0.29) is 90.9 Å². The zero-order valence-corrected chi connectivity index (χ0v) is 27.0. The summed E-state index contributed by atoms with van der Waals surface area (Å²) >= 11 is 0. The Balaban J connectivity index is -0.000000360. The number of para-hydroxylation sites is 2. The molecule has 0 amide bonds. The van der Waals surface area contributed by atoms with E-state index in [0.29, 0.717) is 11.1 Å². The number of carboxylic acids is 1. The van der Waals surface area contributed by atoms with Gasteiger partial charge >= 0.3 is 54.7 Å². The van der Waals surface area contributed by atoms with Gasteiger partial charge in [-0.05, 0) is 42.3 Å². The van der Waals surface area contributed by atoms with Crippen LogP contribution < -0.4 is 24.8 Å². The topological polar surface area (TPSA) is 293 Å². The molecule has 1 heterocycles. The van der Waals surface area contributed by atoms with Crippen molar-refractivity contribution in [1.29, 1.82) is 0 Å². The molecule has 0 aliphatic carbocycles. The van der Waals surface area contributed by atoms with E-state index in [1.165, 1.54) is 26.6 Å². The Morgan fingerprint density at radius 2 is 1.09 bits per heavy atom. The van der Waals surface area contributed by atoms with E-state index < -0.39 is 16.1 Å². The van der Waals surface area contributed by atoms with E-state index in [0.717, 1.165) is 6.92 Å². The minimum absolute atomic E-state index is 0. The maximum atomic E-state index is 11.9. The first kappa shape index (κ1) is 48.3. The van der Waals surface area contributed by atoms with Crippen LogP contribution >= 0.6 is 0 Å². The van der Waals surface area contributed by atoms with Crippen molar-refractivity contribution in [3.63, 3.8) is 0 Å². The molecule has 0 saturated heterocycles. The number of nitrogens with zero attached hydrogens (tertiary/aromatic N) is 5. The molecule has 255 valence electrons. The van der Waals surface area contributed by atoms with Crippen LogP contribution in [0.25, 0.3) is 0 Å². The number of oxime groups is 2. The third kappa shape index (κ3) is 29.4. The number of carbonyl (C=O) groups is 1. The fourth-order valence-electron chi connectivity index (χ4n) is 2.27. The van der Waals surface area contributed by atoms with Gasteiger partial charge < -0.3 is 69.9 Å². The molecule has 0 unspecified atom stereocenters. The van der Waals surface area contributed by atoms with E-state index in [9.17, 15) is 10.2 Å². The minimum Gasteiger partial charge on any atom is -0.870 e. The number of carboxylic acid groups (broad SMARTS) is 1. The third-order valence-corrected chi connectivity index (χ3v) is 3.82. The summed E-state index contributed by atoms with van der Waals surface area (Å²) in [5.41, 5.74) is 0.702. The summed E-state index contributed by atoms with van der Waals surface area (Å²) in [7, 11) is 2.85. The number of aromatic nitrogens is 1. The molecule has 21 heteroatoms. The zero-order chi connectivity index (χ0) is 33.8. The number of carbonyl (C=O) groups excluding carboxylic acids is 1. The number of ether oxygens (including phenoxy) is 2. The van der Waals surface area contributed by atoms with Crippen LogP contribution in [0.1, 0.15) is 18.1 Å². The molecule has 0 aliphatic heterocycles. The standard InChI is InChI=1S/C18H20N2O6.C5H5N.C2H4O2.Dy.2NO3.Ni/c1-23-15-7-3-5-13(17(15)21)11-19-25-9-10-26-20-12-14-6-4-8-16(24-2)18(14)22;1-2-4-6-5-3-1;1-2(3)4;;2*2-1(3)4;/h3-8,11-12,21-22H,9-10H2,1-2H3;1-5H;1H3,(H,3,4);;;;/q;;;+3;2*-1;+2/p-3/b19-11+,20-12+;;;;;;. The molecule has 0 atom stereocenters. The van der Waals surface area contributed by atoms with Gasteiger partial charge in [0, 0.05) is 18.4 Å². The molecular weight excluding hydrogens is 815 g/mol. The molecule has 0 N–H and O–H groups in total. The van der Waals surface area contributed by atoms with Crippen LogP contribution in [0.4, 0.5) is 0 Å². The molecule has 1 aromatic heterocycles. The number of pyridine rings is 1. The summed E-state index contributed by atoms with van der Waals surface area (Å²) in [5, 5.41) is 69.5. The molecule has 0 saturated carbocycles. The summed E-state index contributed by atoms with van der Waals surface area (Å²) in [6, 6.07) is 15.4. The predicted molar refractivity (Wildman–Crippen MR) is 148 cm³/mol. The summed E-state index contributed by atoms with van der Waals surface area (Å²) in [6.45, 7) is 1.21. The van der Waals surface area contributed by atoms with Gasteiger partial charge in [-0.1, -0.05) is 52.1 Å². The number of benzene rings is 2. The first-order chi connectivity index (χ1) is 20.9. The Morgan fingerprint density at radius 3 is 1.33 bits per heavy atom. The van der Waals surface area contributed by atoms with E-state index in [4.69, 9.17) is 59.7 Å². The van der Waals surface area contributed by atoms with Gasteiger partial charge in [0.25, 0.3) is 0 Å². The Bertz CT molecular complexity index is 1170. The van der Waals surface area contributed by atoms with Crippen LogP contribution in [0.15, 0.2) is 77.3 Å². The van der Waals surface area contributed by atoms with E-state index >= 15 is 0 Å². The van der Waals surface area contributed by atoms with Crippen LogP contribution in [0.5, 0.6) is 23.0 Å². The average Bonchev–Trinajstić information content (AvgIpc) is 2.96. The molecule has 0 aliphatic rings. The Kier molecular flexibility index (Phi) is 33.4. The zero-order valence-electron chi connectivity index (χ0n) is 24.0. The SMILES string of the molecule is CC(=O)[O-].COc1cccc(/C=N/OCCO/N=C/c2cccc(OC)c2[O-])c1[O-].O=[N+]([O-])[O-].O=[N+]([O-])[O-].[Dy+3].[Ni+2].c1ccncc1. The van der Waals surface area contributed by atoms with E-state index in [1.807, 2.05) is 18.2 Å². The van der Waals surface area contributed by atoms with Crippen molar-refractivity contribution in [2.75, 3.05) is 27.4 Å². The molecule has 2 aromatic carbocycles. The second-order valence-corrected chi connectivity index (χ2v) is 6.86. The summed E-state index contributed by atoms with van der Waals surface area (Å²) in [6.07, 6.45) is 6.10. The predicted octanol–water partition coefficient (Wildman–Crippen LogP) is 0.609. The van der Waals surface area contributed by atoms with Gasteiger partial charge in [-0.2, -0.15) is 0 Å². The van der Waals surface area contributed by atoms with E-state index in [2.05, 4.69) is 15.3 Å². The molecule has 0 bridgehead atoms. The number of rotatable bonds is 9. The van der Waals surface area contributed by atoms with Crippen molar-refractivity contribution in [1.82, 2.24) is 4.98 Å². The van der Waals surface area contributed by atoms with Gasteiger partial charge in [-0.25, -0.2) is 0 Å². The molecule has 3 aromatic rings. The van der Waals surface area contributed by atoms with Gasteiger partial charge in [-0.15, -0.1) is 0 Å². The molecule has 46 heavy (non-hydrogen) atoms. The van der Waals surface area contributed by atoms with Crippen LogP contribution in [-0.2, 0) is 31.0 Å². The monoisotopic (exact) mass is 842 g/mol. The number of aliphatic carboxylic acids is 1. The maximum absolute atomic E-state index is 11.9. The van der Waals surface area contributed by atoms with Crippen molar-refractivity contribution in [3.05, 3.63) is 109 Å². The largest absolute Gasteiger partial charge is 3.00 e. The van der Waals surface area contributed by atoms with Crippen molar-refractivity contribution in [2.24, 2.45) is 10.3 Å². The fourth-order valence-corrected chi connectivity index (χ4v) is 2.27. The van der Waals surface area contributed by atoms with Crippen LogP contribution in [0.3, 0.4) is 0 Å². The quantitative estimate of drug-likeness (QED) is 0.0937. The summed E-state index contributed by atoms with van der Waals surface area (Å²) in [5.74, 6) is -1.14. The molecule has 0 fully saturated rings. The van der Waals surface area contributed by atoms with Crippen molar-refractivity contribution in [2.45, 2.75) is 6.92 Å². The number of methoxy groups -OCH3 is 2. The molecule has 3 rings (SSSR count). The number of hydrogen-bond donors (Lipinski definition) is 0. The smallest absolute Gasteiger partial charge is 0.870 e. The minimum atomic E-state index is -1.75. The van der Waals surface area contributed by atoms with Crippen LogP contribution in [-0.4, -0.2) is 61.0 Å². The molecular formula is C25H26DyN5NiO14. The van der Waals surface area contributed by atoms with Crippen LogP contribution in [0, 0.1) is 68.8 Å². The maximum Gasteiger partial charge on any atom is 3.00 e. The summed E-state index contributed by atoms with van der Waals surface area (Å²) in [4.78, 5) is 39.1. The van der Waals surface area contributed by atoms with Crippen molar-refractivity contribution >= 4 is 18.4 Å². The Morgan fingerprint density at radius 1 is 0.761 bits per heavy atom. The van der Waals surface area contributed by atoms with Gasteiger partial charge in [-0.3, -0.25) is 4.98 Å². The summed E-state index contributed by atoms with van der Waals surface area (Å²) < 4.78 is 9.87. The van der Waals surface area contributed by atoms with Gasteiger partial charge in [0.1, 0.15) is 11.5 Å². The fraction of sp³-hybridized carbons (Fsp3) is 0.200. The Labute approximate surface area is 302 Å². The van der Waals surface area contributed by atoms with Crippen molar-refractivity contribution in [3.8, 4) is 23.0 Å². The van der Waals surface area contributed by atoms with Gasteiger partial charge in [0.2, 0.25) is 0 Å². The first-order valence-corrected chi connectivity index (χ1v) is 11.5. The van der Waals surface area contributed by atoms with Crippen molar-refractivity contribution < 1.29 is 104 Å². The third-order valence-electron chi connectivity index (χ3n) is 3.82. The second kappa shape index (κ2) is 31.8. The first-order valence-electron chi connectivity index (χ1n) is 11.5. The molecule has 19 nitrogen and oxygen atoms in total. The van der Waals surface area contributed by atoms with Crippen LogP contribution in [0.2, 0.25) is 0 Å². The second-order valence-electron chi connectivity index (χ2n) is 6.86. The van der Waals surface area contributed by atoms with Gasteiger partial charge in [0.15, 0.2) is 13.2 Å².